The summed E-state index contributed by atoms with van der Waals surface area (Å²) < 4.78 is 10.3. The van der Waals surface area contributed by atoms with E-state index < -0.39 is 0 Å². The van der Waals surface area contributed by atoms with E-state index in [1.165, 1.54) is 4.88 Å². The predicted molar refractivity (Wildman–Crippen MR) is 97.3 cm³/mol. The summed E-state index contributed by atoms with van der Waals surface area (Å²) in [5.74, 6) is -0.241. The number of thiophene rings is 1. The van der Waals surface area contributed by atoms with Crippen LogP contribution in [0.2, 0.25) is 0 Å². The number of carbonyl (C=O) groups is 2. The molecular weight excluding hydrogens is 340 g/mol. The van der Waals surface area contributed by atoms with E-state index in [1.54, 1.807) is 18.4 Å². The van der Waals surface area contributed by atoms with Gasteiger partial charge in [0.05, 0.1) is 18.1 Å². The minimum atomic E-state index is -0.114. The predicted octanol–water partition coefficient (Wildman–Crippen LogP) is 2.37. The molecular formula is C18H26N2O4S. The van der Waals surface area contributed by atoms with Crippen LogP contribution in [0.4, 0.5) is 5.00 Å². The van der Waals surface area contributed by atoms with Gasteiger partial charge < -0.3 is 20.1 Å². The number of aryl methyl sites for hydroxylation is 1. The first-order valence-corrected chi connectivity index (χ1v) is 9.82. The summed E-state index contributed by atoms with van der Waals surface area (Å²) in [6.45, 7) is 2.29. The minimum Gasteiger partial charge on any atom is -0.385 e. The van der Waals surface area contributed by atoms with Crippen LogP contribution in [-0.2, 0) is 27.1 Å². The maximum absolute atomic E-state index is 12.7. The van der Waals surface area contributed by atoms with Crippen molar-refractivity contribution in [1.29, 1.82) is 0 Å². The van der Waals surface area contributed by atoms with Gasteiger partial charge in [0.2, 0.25) is 5.91 Å². The van der Waals surface area contributed by atoms with Crippen LogP contribution in [0.15, 0.2) is 0 Å². The van der Waals surface area contributed by atoms with Crippen LogP contribution < -0.4 is 10.6 Å². The SMILES string of the molecule is COCCCNC(=O)c1c(NC(=O)C2CCOC2)sc2c1CCCC2. The number of ether oxygens (including phenoxy) is 2. The molecule has 1 aliphatic heterocycles. The number of hydrogen-bond acceptors (Lipinski definition) is 5. The number of anilines is 1. The van der Waals surface area contributed by atoms with E-state index in [-0.39, 0.29) is 17.7 Å². The van der Waals surface area contributed by atoms with E-state index in [0.29, 0.717) is 36.9 Å². The average molecular weight is 366 g/mol. The second kappa shape index (κ2) is 8.78. The maximum atomic E-state index is 12.7. The van der Waals surface area contributed by atoms with E-state index in [0.717, 1.165) is 44.1 Å². The van der Waals surface area contributed by atoms with Crippen LogP contribution in [0.1, 0.15) is 46.5 Å². The van der Waals surface area contributed by atoms with E-state index >= 15 is 0 Å². The zero-order chi connectivity index (χ0) is 17.6. The zero-order valence-corrected chi connectivity index (χ0v) is 15.5. The van der Waals surface area contributed by atoms with Crippen LogP contribution in [-0.4, -0.2) is 45.3 Å². The van der Waals surface area contributed by atoms with Gasteiger partial charge in [0, 0.05) is 31.7 Å². The normalized spacial score (nSPS) is 19.5. The molecule has 6 nitrogen and oxygen atoms in total. The van der Waals surface area contributed by atoms with Crippen molar-refractivity contribution in [2.75, 3.05) is 38.8 Å². The van der Waals surface area contributed by atoms with E-state index in [1.807, 2.05) is 0 Å². The Bertz CT molecular complexity index is 623. The zero-order valence-electron chi connectivity index (χ0n) is 14.7. The Hall–Kier alpha value is -1.44. The van der Waals surface area contributed by atoms with Crippen molar-refractivity contribution in [3.8, 4) is 0 Å². The van der Waals surface area contributed by atoms with Gasteiger partial charge in [-0.15, -0.1) is 11.3 Å². The maximum Gasteiger partial charge on any atom is 0.254 e. The minimum absolute atomic E-state index is 0.0375. The second-order valence-corrected chi connectivity index (χ2v) is 7.67. The largest absolute Gasteiger partial charge is 0.385 e. The fraction of sp³-hybridized carbons (Fsp3) is 0.667. The number of methoxy groups -OCH3 is 1. The number of fused-ring (bicyclic) bond motifs is 1. The lowest BCUT2D eigenvalue weighted by atomic mass is 9.95. The molecule has 0 bridgehead atoms. The van der Waals surface area contributed by atoms with Gasteiger partial charge in [-0.3, -0.25) is 9.59 Å². The molecule has 25 heavy (non-hydrogen) atoms. The Balaban J connectivity index is 1.75. The Morgan fingerprint density at radius 2 is 2.16 bits per heavy atom. The second-order valence-electron chi connectivity index (χ2n) is 6.57. The third kappa shape index (κ3) is 4.40. The van der Waals surface area contributed by atoms with Gasteiger partial charge in [0.1, 0.15) is 5.00 Å². The summed E-state index contributed by atoms with van der Waals surface area (Å²) in [4.78, 5) is 26.5. The van der Waals surface area contributed by atoms with Crippen LogP contribution in [0.3, 0.4) is 0 Å². The molecule has 1 unspecified atom stereocenters. The molecule has 1 saturated heterocycles. The van der Waals surface area contributed by atoms with Gasteiger partial charge in [0.25, 0.3) is 5.91 Å². The molecule has 1 aromatic rings. The molecule has 7 heteroatoms. The Morgan fingerprint density at radius 1 is 1.32 bits per heavy atom. The Morgan fingerprint density at radius 3 is 2.92 bits per heavy atom. The van der Waals surface area contributed by atoms with Crippen molar-refractivity contribution >= 4 is 28.2 Å². The van der Waals surface area contributed by atoms with Crippen molar-refractivity contribution in [3.63, 3.8) is 0 Å². The molecule has 1 fully saturated rings. The number of nitrogens with one attached hydrogen (secondary N) is 2. The number of carbonyl (C=O) groups excluding carboxylic acids is 2. The fourth-order valence-corrected chi connectivity index (χ4v) is 4.65. The molecule has 0 saturated carbocycles. The van der Waals surface area contributed by atoms with Gasteiger partial charge in [-0.05, 0) is 44.1 Å². The van der Waals surface area contributed by atoms with Crippen molar-refractivity contribution < 1.29 is 19.1 Å². The van der Waals surface area contributed by atoms with Crippen molar-refractivity contribution in [2.45, 2.75) is 38.5 Å². The van der Waals surface area contributed by atoms with E-state index in [9.17, 15) is 9.59 Å². The Kier molecular flexibility index (Phi) is 6.45. The summed E-state index contributed by atoms with van der Waals surface area (Å²) >= 11 is 1.56. The summed E-state index contributed by atoms with van der Waals surface area (Å²) in [5, 5.41) is 6.67. The summed E-state index contributed by atoms with van der Waals surface area (Å²) in [6, 6.07) is 0. The summed E-state index contributed by atoms with van der Waals surface area (Å²) in [6.07, 6.45) is 5.66. The first kappa shape index (κ1) is 18.4. The molecule has 0 radical (unpaired) electrons. The van der Waals surface area contributed by atoms with Gasteiger partial charge in [-0.2, -0.15) is 0 Å². The summed E-state index contributed by atoms with van der Waals surface area (Å²) in [5.41, 5.74) is 1.79. The van der Waals surface area contributed by atoms with Gasteiger partial charge >= 0.3 is 0 Å². The van der Waals surface area contributed by atoms with Crippen LogP contribution in [0, 0.1) is 5.92 Å². The van der Waals surface area contributed by atoms with Gasteiger partial charge in [-0.25, -0.2) is 0 Å². The lowest BCUT2D eigenvalue weighted by molar-refractivity contribution is -0.119. The molecule has 0 aromatic carbocycles. The van der Waals surface area contributed by atoms with Crippen molar-refractivity contribution in [2.24, 2.45) is 5.92 Å². The molecule has 2 aliphatic rings. The van der Waals surface area contributed by atoms with Gasteiger partial charge in [-0.1, -0.05) is 0 Å². The summed E-state index contributed by atoms with van der Waals surface area (Å²) in [7, 11) is 1.65. The smallest absolute Gasteiger partial charge is 0.254 e. The highest BCUT2D eigenvalue weighted by Crippen LogP contribution is 2.38. The van der Waals surface area contributed by atoms with E-state index in [2.05, 4.69) is 10.6 Å². The van der Waals surface area contributed by atoms with E-state index in [4.69, 9.17) is 9.47 Å². The lowest BCUT2D eigenvalue weighted by Crippen LogP contribution is -2.28. The molecule has 2 heterocycles. The van der Waals surface area contributed by atoms with Crippen LogP contribution in [0.5, 0.6) is 0 Å². The van der Waals surface area contributed by atoms with Crippen LogP contribution in [0.25, 0.3) is 0 Å². The molecule has 1 atom stereocenters. The number of rotatable bonds is 7. The third-order valence-electron chi connectivity index (χ3n) is 4.75. The molecule has 2 N–H and O–H groups in total. The highest BCUT2D eigenvalue weighted by molar-refractivity contribution is 7.17. The third-order valence-corrected chi connectivity index (χ3v) is 5.95. The topological polar surface area (TPSA) is 76.7 Å². The number of hydrogen-bond donors (Lipinski definition) is 2. The monoisotopic (exact) mass is 366 g/mol. The molecule has 2 amide bonds. The molecule has 1 aliphatic carbocycles. The highest BCUT2D eigenvalue weighted by atomic mass is 32.1. The first-order chi connectivity index (χ1) is 12.2. The standard InChI is InChI=1S/C18H26N2O4S/c1-23-9-4-8-19-17(22)15-13-5-2-3-6-14(13)25-18(15)20-16(21)12-7-10-24-11-12/h12H,2-11H2,1H3,(H,19,22)(H,20,21). The molecule has 0 spiro atoms. The molecule has 1 aromatic heterocycles. The fourth-order valence-electron chi connectivity index (χ4n) is 3.36. The Labute approximate surface area is 152 Å². The average Bonchev–Trinajstić information content (AvgIpc) is 3.26. The first-order valence-electron chi connectivity index (χ1n) is 9.01. The van der Waals surface area contributed by atoms with Crippen molar-refractivity contribution in [1.82, 2.24) is 5.32 Å². The van der Waals surface area contributed by atoms with Gasteiger partial charge in [0.15, 0.2) is 0 Å². The lowest BCUT2D eigenvalue weighted by Gasteiger charge is -2.14. The highest BCUT2D eigenvalue weighted by Gasteiger charge is 2.29. The molecule has 3 rings (SSSR count). The van der Waals surface area contributed by atoms with Crippen LogP contribution >= 0.6 is 11.3 Å². The quantitative estimate of drug-likeness (QED) is 0.727. The van der Waals surface area contributed by atoms with Crippen molar-refractivity contribution in [3.05, 3.63) is 16.0 Å². The molecule has 138 valence electrons. The number of amides is 2.